The van der Waals surface area contributed by atoms with E-state index in [9.17, 15) is 43.2 Å². The predicted molar refractivity (Wildman–Crippen MR) is 409 cm³/mol. The van der Waals surface area contributed by atoms with Crippen molar-refractivity contribution in [2.75, 3.05) is 39.6 Å². The Morgan fingerprint density at radius 3 is 0.760 bits per heavy atom. The first-order valence-electron chi connectivity index (χ1n) is 42.0. The molecule has 594 valence electrons. The molecule has 6 atom stereocenters. The van der Waals surface area contributed by atoms with Crippen LogP contribution in [0.15, 0.2) is 0 Å². The first-order chi connectivity index (χ1) is 48.4. The van der Waals surface area contributed by atoms with Crippen LogP contribution >= 0.6 is 15.6 Å². The van der Waals surface area contributed by atoms with E-state index in [0.717, 1.165) is 102 Å². The smallest absolute Gasteiger partial charge is 0.462 e. The number of phosphoric ester groups is 2. The summed E-state index contributed by atoms with van der Waals surface area (Å²) in [5, 5.41) is 10.6. The van der Waals surface area contributed by atoms with Gasteiger partial charge in [0.2, 0.25) is 0 Å². The summed E-state index contributed by atoms with van der Waals surface area (Å²) in [6.45, 7) is 9.65. The van der Waals surface area contributed by atoms with Gasteiger partial charge in [0.05, 0.1) is 26.4 Å². The highest BCUT2D eigenvalue weighted by Crippen LogP contribution is 2.45. The maximum absolute atomic E-state index is 13.1. The highest BCUT2D eigenvalue weighted by Gasteiger charge is 2.30. The average molecular weight is 1470 g/mol. The summed E-state index contributed by atoms with van der Waals surface area (Å²) in [6, 6.07) is 0. The van der Waals surface area contributed by atoms with E-state index < -0.39 is 97.5 Å². The van der Waals surface area contributed by atoms with E-state index in [4.69, 9.17) is 37.0 Å². The van der Waals surface area contributed by atoms with Crippen molar-refractivity contribution in [2.24, 2.45) is 11.8 Å². The monoisotopic (exact) mass is 1470 g/mol. The zero-order valence-corrected chi connectivity index (χ0v) is 67.3. The molecule has 0 heterocycles. The van der Waals surface area contributed by atoms with Gasteiger partial charge in [0.25, 0.3) is 0 Å². The van der Waals surface area contributed by atoms with Gasteiger partial charge in [0.1, 0.15) is 19.3 Å². The molecule has 0 radical (unpaired) electrons. The Bertz CT molecular complexity index is 1930. The van der Waals surface area contributed by atoms with Crippen LogP contribution in [0.5, 0.6) is 0 Å². The summed E-state index contributed by atoms with van der Waals surface area (Å²) in [5.41, 5.74) is 0. The Kier molecular flexibility index (Phi) is 71.2. The number of unbranched alkanes of at least 4 members (excludes halogenated alkanes) is 49. The van der Waals surface area contributed by atoms with Gasteiger partial charge in [0, 0.05) is 25.7 Å². The minimum Gasteiger partial charge on any atom is -0.462 e. The minimum atomic E-state index is -4.96. The maximum Gasteiger partial charge on any atom is 0.472 e. The predicted octanol–water partition coefficient (Wildman–Crippen LogP) is 24.3. The molecule has 0 saturated heterocycles. The Morgan fingerprint density at radius 1 is 0.290 bits per heavy atom. The van der Waals surface area contributed by atoms with Crippen molar-refractivity contribution in [3.63, 3.8) is 0 Å². The van der Waals surface area contributed by atoms with Crippen molar-refractivity contribution in [3.8, 4) is 0 Å². The molecule has 3 unspecified atom stereocenters. The number of rotatable bonds is 80. The number of hydrogen-bond donors (Lipinski definition) is 3. The lowest BCUT2D eigenvalue weighted by Crippen LogP contribution is -2.30. The topological polar surface area (TPSA) is 237 Å². The highest BCUT2D eigenvalue weighted by atomic mass is 31.2. The molecule has 0 aliphatic carbocycles. The molecule has 0 aromatic carbocycles. The van der Waals surface area contributed by atoms with Gasteiger partial charge in [-0.15, -0.1) is 0 Å². The molecular formula is C81H158O17P2. The Labute approximate surface area is 613 Å². The van der Waals surface area contributed by atoms with Crippen LogP contribution in [0.25, 0.3) is 0 Å². The Morgan fingerprint density at radius 2 is 0.510 bits per heavy atom. The van der Waals surface area contributed by atoms with E-state index in [-0.39, 0.29) is 25.7 Å². The first-order valence-corrected chi connectivity index (χ1v) is 45.0. The number of phosphoric acid groups is 2. The van der Waals surface area contributed by atoms with Gasteiger partial charge in [-0.05, 0) is 37.5 Å². The van der Waals surface area contributed by atoms with Crippen molar-refractivity contribution in [3.05, 3.63) is 0 Å². The average Bonchev–Trinajstić information content (AvgIpc) is 1.06. The number of carbonyl (C=O) groups is 4. The van der Waals surface area contributed by atoms with Crippen LogP contribution < -0.4 is 0 Å². The van der Waals surface area contributed by atoms with Crippen LogP contribution in [0, 0.1) is 11.8 Å². The van der Waals surface area contributed by atoms with Crippen LogP contribution in [-0.4, -0.2) is 96.7 Å². The van der Waals surface area contributed by atoms with E-state index in [0.29, 0.717) is 25.7 Å². The Hall–Kier alpha value is -1.94. The van der Waals surface area contributed by atoms with Crippen molar-refractivity contribution >= 4 is 39.5 Å². The van der Waals surface area contributed by atoms with Gasteiger partial charge in [-0.2, -0.15) is 0 Å². The van der Waals surface area contributed by atoms with Crippen molar-refractivity contribution in [2.45, 2.75) is 445 Å². The summed E-state index contributed by atoms with van der Waals surface area (Å²) in [7, 11) is -9.92. The number of ether oxygens (including phenoxy) is 4. The molecule has 3 N–H and O–H groups in total. The second-order valence-electron chi connectivity index (χ2n) is 29.9. The number of esters is 4. The molecule has 0 aromatic heterocycles. The van der Waals surface area contributed by atoms with Crippen molar-refractivity contribution < 1.29 is 80.2 Å². The van der Waals surface area contributed by atoms with Crippen LogP contribution in [0.1, 0.15) is 427 Å². The third-order valence-electron chi connectivity index (χ3n) is 19.3. The van der Waals surface area contributed by atoms with Crippen LogP contribution in [0.3, 0.4) is 0 Å². The third-order valence-corrected chi connectivity index (χ3v) is 21.2. The molecule has 0 aromatic rings. The minimum absolute atomic E-state index is 0.108. The summed E-state index contributed by atoms with van der Waals surface area (Å²) in [4.78, 5) is 73.0. The van der Waals surface area contributed by atoms with E-state index in [1.54, 1.807) is 0 Å². The molecule has 0 rings (SSSR count). The van der Waals surface area contributed by atoms with E-state index >= 15 is 0 Å². The summed E-state index contributed by atoms with van der Waals surface area (Å²) in [6.07, 6.45) is 62.3. The van der Waals surface area contributed by atoms with Crippen LogP contribution in [0.2, 0.25) is 0 Å². The summed E-state index contributed by atoms with van der Waals surface area (Å²) in [5.74, 6) is -0.559. The summed E-state index contributed by atoms with van der Waals surface area (Å²) < 4.78 is 68.7. The van der Waals surface area contributed by atoms with Crippen molar-refractivity contribution in [1.29, 1.82) is 0 Å². The fraction of sp³-hybridized carbons (Fsp3) is 0.951. The second-order valence-corrected chi connectivity index (χ2v) is 32.8. The molecular weight excluding hydrogens is 1310 g/mol. The lowest BCUT2D eigenvalue weighted by molar-refractivity contribution is -0.161. The maximum atomic E-state index is 13.1. The molecule has 0 bridgehead atoms. The number of aliphatic hydroxyl groups excluding tert-OH is 1. The van der Waals surface area contributed by atoms with Gasteiger partial charge in [-0.3, -0.25) is 37.3 Å². The fourth-order valence-electron chi connectivity index (χ4n) is 12.5. The number of aliphatic hydroxyl groups is 1. The lowest BCUT2D eigenvalue weighted by atomic mass is 9.99. The largest absolute Gasteiger partial charge is 0.472 e. The molecule has 0 saturated carbocycles. The van der Waals surface area contributed by atoms with E-state index in [1.807, 2.05) is 0 Å². The molecule has 0 aliphatic heterocycles. The van der Waals surface area contributed by atoms with Gasteiger partial charge >= 0.3 is 39.5 Å². The van der Waals surface area contributed by atoms with Crippen LogP contribution in [-0.2, 0) is 65.4 Å². The summed E-state index contributed by atoms with van der Waals surface area (Å²) >= 11 is 0. The number of carbonyl (C=O) groups excluding carboxylic acids is 4. The lowest BCUT2D eigenvalue weighted by Gasteiger charge is -2.21. The highest BCUT2D eigenvalue weighted by molar-refractivity contribution is 7.47. The molecule has 19 heteroatoms. The third kappa shape index (κ3) is 73.0. The zero-order chi connectivity index (χ0) is 73.5. The molecule has 100 heavy (non-hydrogen) atoms. The molecule has 17 nitrogen and oxygen atoms in total. The Balaban J connectivity index is 5.25. The molecule has 0 spiro atoms. The first kappa shape index (κ1) is 98.1. The van der Waals surface area contributed by atoms with Gasteiger partial charge in [-0.1, -0.05) is 375 Å². The molecule has 0 aliphatic rings. The van der Waals surface area contributed by atoms with Gasteiger partial charge in [-0.25, -0.2) is 9.13 Å². The molecule has 0 amide bonds. The number of hydrogen-bond acceptors (Lipinski definition) is 15. The van der Waals surface area contributed by atoms with E-state index in [1.165, 1.54) is 244 Å². The van der Waals surface area contributed by atoms with Crippen molar-refractivity contribution in [1.82, 2.24) is 0 Å². The van der Waals surface area contributed by atoms with E-state index in [2.05, 4.69) is 41.5 Å². The standard InChI is InChI=1S/C81H158O17P2/c1-7-10-12-14-16-18-20-22-24-25-26-27-28-29-31-35-40-48-54-60-66-81(86)97-76(69-91-78(83)63-57-51-45-38-36-32-33-37-43-49-55-61-73(4)5)71-95-99(87,88)93-67-75(82)68-94-100(89,90)96-72-77(70-92-79(84)64-58-52-46-42-41-44-50-56-62-74(6)9-3)98-80(85)65-59-53-47-39-34-30-23-21-19-17-15-13-11-8-2/h73-77,82H,7-72H2,1-6H3,(H,87,88)(H,89,90)/t74?,75-,76-,77-/m1/s1. The SMILES string of the molecule is CCCCCCCCCCCCCCCCCCCCCCC(=O)O[C@H](COC(=O)CCCCCCCCCCCCCC(C)C)COP(=O)(O)OC[C@@H](O)COP(=O)(O)OC[C@@H](COC(=O)CCCCCCCCCCC(C)CC)OC(=O)CCCCCCCCCCCCCCCC. The second kappa shape index (κ2) is 72.6. The molecule has 0 fully saturated rings. The van der Waals surface area contributed by atoms with Crippen LogP contribution in [0.4, 0.5) is 0 Å². The normalized spacial score (nSPS) is 14.2. The van der Waals surface area contributed by atoms with Gasteiger partial charge in [0.15, 0.2) is 12.2 Å². The zero-order valence-electron chi connectivity index (χ0n) is 65.5. The quantitative estimate of drug-likeness (QED) is 0.0222. The fourth-order valence-corrected chi connectivity index (χ4v) is 14.1. The van der Waals surface area contributed by atoms with Gasteiger partial charge < -0.3 is 33.8 Å².